The second kappa shape index (κ2) is 8.08. The molecule has 2 aromatic carbocycles. The Morgan fingerprint density at radius 3 is 2.69 bits per heavy atom. The molecule has 0 aliphatic heterocycles. The summed E-state index contributed by atoms with van der Waals surface area (Å²) in [4.78, 5) is 24.8. The van der Waals surface area contributed by atoms with Crippen molar-refractivity contribution in [2.45, 2.75) is 24.2 Å². The van der Waals surface area contributed by atoms with Gasteiger partial charge in [-0.15, -0.1) is 11.8 Å². The summed E-state index contributed by atoms with van der Waals surface area (Å²) in [5, 5.41) is 7.32. The van der Waals surface area contributed by atoms with E-state index in [2.05, 4.69) is 10.4 Å². The largest absolute Gasteiger partial charge is 0.369 e. The summed E-state index contributed by atoms with van der Waals surface area (Å²) in [5.74, 6) is -1.06. The van der Waals surface area contributed by atoms with Crippen LogP contribution < -0.4 is 11.1 Å². The van der Waals surface area contributed by atoms with Gasteiger partial charge in [0.2, 0.25) is 5.91 Å². The van der Waals surface area contributed by atoms with Gasteiger partial charge in [-0.2, -0.15) is 5.10 Å². The van der Waals surface area contributed by atoms with E-state index < -0.39 is 5.91 Å². The number of hydrogen-bond donors (Lipinski definition) is 2. The van der Waals surface area contributed by atoms with Gasteiger partial charge in [-0.05, 0) is 43.5 Å². The summed E-state index contributed by atoms with van der Waals surface area (Å²) in [5.41, 5.74) is 8.17. The Morgan fingerprint density at radius 2 is 1.90 bits per heavy atom. The van der Waals surface area contributed by atoms with E-state index in [-0.39, 0.29) is 17.5 Å². The van der Waals surface area contributed by atoms with E-state index >= 15 is 0 Å². The molecule has 4 rings (SSSR count). The molecule has 1 aliphatic carbocycles. The van der Waals surface area contributed by atoms with E-state index in [4.69, 9.17) is 5.73 Å². The minimum absolute atomic E-state index is 0.115. The molecule has 29 heavy (non-hydrogen) atoms. The summed E-state index contributed by atoms with van der Waals surface area (Å²) in [7, 11) is 0. The molecule has 0 spiro atoms. The lowest BCUT2D eigenvalue weighted by molar-refractivity contribution is -0.115. The smallest absolute Gasteiger partial charge is 0.276 e. The van der Waals surface area contributed by atoms with E-state index in [1.54, 1.807) is 35.0 Å². The Balaban J connectivity index is 1.65. The first kappa shape index (κ1) is 19.2. The number of para-hydroxylation sites is 2. The van der Waals surface area contributed by atoms with Gasteiger partial charge in [0.1, 0.15) is 11.5 Å². The Bertz CT molecular complexity index is 1100. The van der Waals surface area contributed by atoms with Crippen molar-refractivity contribution in [1.82, 2.24) is 9.78 Å². The number of hydrogen-bond acceptors (Lipinski definition) is 4. The van der Waals surface area contributed by atoms with Crippen LogP contribution in [0.5, 0.6) is 0 Å². The van der Waals surface area contributed by atoms with Gasteiger partial charge in [0.25, 0.3) is 5.91 Å². The highest BCUT2D eigenvalue weighted by Gasteiger charge is 2.28. The maximum Gasteiger partial charge on any atom is 0.276 e. The Hall–Kier alpha value is -3.13. The molecule has 6 nitrogen and oxygen atoms in total. The molecule has 0 radical (unpaired) electrons. The van der Waals surface area contributed by atoms with Crippen LogP contribution in [0, 0.1) is 5.82 Å². The van der Waals surface area contributed by atoms with Gasteiger partial charge in [0.15, 0.2) is 5.69 Å². The molecule has 148 valence electrons. The van der Waals surface area contributed by atoms with Crippen molar-refractivity contribution in [3.63, 3.8) is 0 Å². The summed E-state index contributed by atoms with van der Waals surface area (Å²) in [6, 6.07) is 13.6. The standard InChI is InChI=1S/C21H19FN4O2S/c22-14-7-1-3-9-17(14)26-16-10-5-6-13(16)20(25-26)21(28)24-15-8-2-4-11-18(15)29-12-19(23)27/h1-4,7-9,11H,5-6,10,12H2,(H2,23,27)(H,24,28). The number of aromatic nitrogens is 2. The van der Waals surface area contributed by atoms with Crippen LogP contribution in [0.2, 0.25) is 0 Å². The van der Waals surface area contributed by atoms with Gasteiger partial charge in [-0.25, -0.2) is 9.07 Å². The molecular weight excluding hydrogens is 391 g/mol. The zero-order chi connectivity index (χ0) is 20.4. The van der Waals surface area contributed by atoms with E-state index in [1.807, 2.05) is 12.1 Å². The Labute approximate surface area is 171 Å². The third-order valence-corrected chi connectivity index (χ3v) is 5.83. The molecule has 8 heteroatoms. The van der Waals surface area contributed by atoms with Crippen LogP contribution >= 0.6 is 11.8 Å². The molecule has 0 atom stereocenters. The highest BCUT2D eigenvalue weighted by atomic mass is 32.2. The quantitative estimate of drug-likeness (QED) is 0.610. The fourth-order valence-corrected chi connectivity index (χ4v) is 4.22. The summed E-state index contributed by atoms with van der Waals surface area (Å²) in [6.45, 7) is 0. The highest BCUT2D eigenvalue weighted by Crippen LogP contribution is 2.31. The van der Waals surface area contributed by atoms with Gasteiger partial charge >= 0.3 is 0 Å². The molecule has 3 N–H and O–H groups in total. The van der Waals surface area contributed by atoms with Crippen molar-refractivity contribution < 1.29 is 14.0 Å². The van der Waals surface area contributed by atoms with Crippen LogP contribution in [0.15, 0.2) is 53.4 Å². The van der Waals surface area contributed by atoms with Gasteiger partial charge in [0, 0.05) is 16.2 Å². The van der Waals surface area contributed by atoms with Crippen molar-refractivity contribution in [2.24, 2.45) is 5.73 Å². The highest BCUT2D eigenvalue weighted by molar-refractivity contribution is 8.00. The summed E-state index contributed by atoms with van der Waals surface area (Å²) >= 11 is 1.26. The topological polar surface area (TPSA) is 90.0 Å². The molecule has 0 bridgehead atoms. The molecule has 0 saturated carbocycles. The molecule has 3 aromatic rings. The van der Waals surface area contributed by atoms with Crippen molar-refractivity contribution in [3.8, 4) is 5.69 Å². The number of carbonyl (C=O) groups is 2. The van der Waals surface area contributed by atoms with E-state index in [9.17, 15) is 14.0 Å². The number of benzene rings is 2. The second-order valence-corrected chi connectivity index (χ2v) is 7.71. The van der Waals surface area contributed by atoms with Crippen LogP contribution in [0.4, 0.5) is 10.1 Å². The predicted octanol–water partition coefficient (Wildman–Crippen LogP) is 3.33. The number of carbonyl (C=O) groups excluding carboxylic acids is 2. The molecular formula is C21H19FN4O2S. The van der Waals surface area contributed by atoms with Crippen LogP contribution in [-0.2, 0) is 17.6 Å². The number of fused-ring (bicyclic) bond motifs is 1. The number of amides is 2. The number of anilines is 1. The van der Waals surface area contributed by atoms with Crippen LogP contribution in [-0.4, -0.2) is 27.3 Å². The Kier molecular flexibility index (Phi) is 5.35. The van der Waals surface area contributed by atoms with Crippen LogP contribution in [0.3, 0.4) is 0 Å². The van der Waals surface area contributed by atoms with Crippen molar-refractivity contribution in [3.05, 3.63) is 71.3 Å². The fraction of sp³-hybridized carbons (Fsp3) is 0.190. The van der Waals surface area contributed by atoms with Gasteiger partial charge in [0.05, 0.1) is 11.4 Å². The van der Waals surface area contributed by atoms with E-state index in [0.717, 1.165) is 35.4 Å². The Morgan fingerprint density at radius 1 is 1.14 bits per heavy atom. The lowest BCUT2D eigenvalue weighted by Crippen LogP contribution is -2.16. The van der Waals surface area contributed by atoms with Crippen LogP contribution in [0.25, 0.3) is 5.69 Å². The molecule has 0 unspecified atom stereocenters. The average Bonchev–Trinajstić information content (AvgIpc) is 3.30. The zero-order valence-corrected chi connectivity index (χ0v) is 16.3. The molecule has 2 amide bonds. The molecule has 0 fully saturated rings. The van der Waals surface area contributed by atoms with Gasteiger partial charge in [-0.1, -0.05) is 24.3 Å². The van der Waals surface area contributed by atoms with Crippen LogP contribution in [0.1, 0.15) is 28.2 Å². The molecule has 1 heterocycles. The summed E-state index contributed by atoms with van der Waals surface area (Å²) in [6.07, 6.45) is 2.37. The first-order valence-corrected chi connectivity index (χ1v) is 10.2. The normalized spacial score (nSPS) is 12.6. The number of rotatable bonds is 6. The van der Waals surface area contributed by atoms with E-state index in [1.165, 1.54) is 17.8 Å². The second-order valence-electron chi connectivity index (χ2n) is 6.70. The minimum Gasteiger partial charge on any atom is -0.369 e. The number of halogens is 1. The first-order valence-electron chi connectivity index (χ1n) is 9.21. The number of nitrogens with one attached hydrogen (secondary N) is 1. The SMILES string of the molecule is NC(=O)CSc1ccccc1NC(=O)c1nn(-c2ccccc2F)c2c1CCC2. The lowest BCUT2D eigenvalue weighted by atomic mass is 10.2. The minimum atomic E-state index is -0.433. The zero-order valence-electron chi connectivity index (χ0n) is 15.5. The van der Waals surface area contributed by atoms with Gasteiger partial charge < -0.3 is 11.1 Å². The number of thioether (sulfide) groups is 1. The lowest BCUT2D eigenvalue weighted by Gasteiger charge is -2.10. The molecule has 0 saturated heterocycles. The fourth-order valence-electron chi connectivity index (χ4n) is 3.47. The number of primary amides is 1. The molecule has 1 aromatic heterocycles. The maximum atomic E-state index is 14.3. The van der Waals surface area contributed by atoms with Crippen molar-refractivity contribution >= 4 is 29.3 Å². The van der Waals surface area contributed by atoms with Crippen molar-refractivity contribution in [2.75, 3.05) is 11.1 Å². The first-order chi connectivity index (χ1) is 14.0. The number of nitrogens with two attached hydrogens (primary N) is 1. The monoisotopic (exact) mass is 410 g/mol. The van der Waals surface area contributed by atoms with Crippen molar-refractivity contribution in [1.29, 1.82) is 0 Å². The molecule has 1 aliphatic rings. The van der Waals surface area contributed by atoms with Gasteiger partial charge in [-0.3, -0.25) is 9.59 Å². The third kappa shape index (κ3) is 3.88. The number of nitrogens with zero attached hydrogens (tertiary/aromatic N) is 2. The summed E-state index contributed by atoms with van der Waals surface area (Å²) < 4.78 is 15.8. The predicted molar refractivity (Wildman–Crippen MR) is 110 cm³/mol. The third-order valence-electron chi connectivity index (χ3n) is 4.73. The average molecular weight is 410 g/mol. The van der Waals surface area contributed by atoms with E-state index in [0.29, 0.717) is 17.1 Å². The maximum absolute atomic E-state index is 14.3.